The predicted octanol–water partition coefficient (Wildman–Crippen LogP) is 1.86. The number of carbonyl (C=O) groups excluding carboxylic acids is 2. The van der Waals surface area contributed by atoms with Crippen molar-refractivity contribution in [2.24, 2.45) is 0 Å². The molecule has 2 aliphatic heterocycles. The molecule has 5 nitrogen and oxygen atoms in total. The molecule has 3 rings (SSSR count). The Labute approximate surface area is 115 Å². The maximum Gasteiger partial charge on any atom is 0.329 e. The number of hydrogen-bond acceptors (Lipinski definition) is 3. The molecule has 6 heteroatoms. The minimum atomic E-state index is -0.914. The van der Waals surface area contributed by atoms with Crippen molar-refractivity contribution < 1.29 is 14.3 Å². The van der Waals surface area contributed by atoms with Crippen LogP contribution in [-0.4, -0.2) is 30.7 Å². The Morgan fingerprint density at radius 3 is 2.84 bits per heavy atom. The molecule has 1 N–H and O–H groups in total. The highest BCUT2D eigenvalue weighted by Crippen LogP contribution is 2.36. The molecule has 19 heavy (non-hydrogen) atoms. The molecule has 2 saturated heterocycles. The van der Waals surface area contributed by atoms with E-state index in [0.717, 1.165) is 10.5 Å². The first-order valence-corrected chi connectivity index (χ1v) is 6.42. The third-order valence-electron chi connectivity index (χ3n) is 3.60. The van der Waals surface area contributed by atoms with Crippen LogP contribution in [0.1, 0.15) is 12.0 Å². The monoisotopic (exact) mass is 280 g/mol. The Morgan fingerprint density at radius 1 is 1.42 bits per heavy atom. The first kappa shape index (κ1) is 12.4. The minimum Gasteiger partial charge on any atom is -0.378 e. The van der Waals surface area contributed by atoms with E-state index in [0.29, 0.717) is 23.7 Å². The Balaban J connectivity index is 2.06. The average Bonchev–Trinajstić information content (AvgIpc) is 2.90. The summed E-state index contributed by atoms with van der Waals surface area (Å²) in [6.07, 6.45) is 0.498. The summed E-state index contributed by atoms with van der Waals surface area (Å²) in [5.41, 5.74) is 0.324. The van der Waals surface area contributed by atoms with E-state index < -0.39 is 11.6 Å². The number of benzene rings is 1. The first-order chi connectivity index (χ1) is 9.05. The molecule has 0 aromatic heterocycles. The zero-order valence-corrected chi connectivity index (χ0v) is 11.2. The van der Waals surface area contributed by atoms with Crippen LogP contribution in [0.3, 0.4) is 0 Å². The van der Waals surface area contributed by atoms with Gasteiger partial charge in [-0.25, -0.2) is 9.69 Å². The maximum atomic E-state index is 12.5. The molecule has 1 aromatic carbocycles. The lowest BCUT2D eigenvalue weighted by atomic mass is 9.99. The zero-order chi connectivity index (χ0) is 13.6. The van der Waals surface area contributed by atoms with Crippen LogP contribution in [0.4, 0.5) is 10.5 Å². The fourth-order valence-electron chi connectivity index (χ4n) is 2.56. The van der Waals surface area contributed by atoms with Crippen LogP contribution in [0.25, 0.3) is 0 Å². The summed E-state index contributed by atoms with van der Waals surface area (Å²) in [5.74, 6) is -0.286. The van der Waals surface area contributed by atoms with Gasteiger partial charge in [-0.2, -0.15) is 0 Å². The highest BCUT2D eigenvalue weighted by molar-refractivity contribution is 6.36. The Hall–Kier alpha value is -1.59. The van der Waals surface area contributed by atoms with Crippen LogP contribution >= 0.6 is 11.6 Å². The second-order valence-electron chi connectivity index (χ2n) is 4.86. The van der Waals surface area contributed by atoms with Gasteiger partial charge in [-0.15, -0.1) is 0 Å². The number of nitrogens with zero attached hydrogens (tertiary/aromatic N) is 1. The third-order valence-corrected chi connectivity index (χ3v) is 3.90. The summed E-state index contributed by atoms with van der Waals surface area (Å²) in [6.45, 7) is 2.51. The van der Waals surface area contributed by atoms with Gasteiger partial charge in [0.25, 0.3) is 5.91 Å². The van der Waals surface area contributed by atoms with Gasteiger partial charge in [0.1, 0.15) is 5.54 Å². The average molecular weight is 281 g/mol. The van der Waals surface area contributed by atoms with Crippen molar-refractivity contribution >= 4 is 29.2 Å². The van der Waals surface area contributed by atoms with Crippen molar-refractivity contribution in [2.45, 2.75) is 18.9 Å². The van der Waals surface area contributed by atoms with Crippen molar-refractivity contribution in [2.75, 3.05) is 18.1 Å². The first-order valence-electron chi connectivity index (χ1n) is 6.05. The Kier molecular flexibility index (Phi) is 2.76. The molecule has 0 saturated carbocycles. The molecule has 0 bridgehead atoms. The van der Waals surface area contributed by atoms with Crippen LogP contribution in [0.5, 0.6) is 0 Å². The second-order valence-corrected chi connectivity index (χ2v) is 5.27. The van der Waals surface area contributed by atoms with E-state index in [4.69, 9.17) is 16.3 Å². The highest BCUT2D eigenvalue weighted by Gasteiger charge is 2.54. The smallest absolute Gasteiger partial charge is 0.329 e. The number of amides is 3. The van der Waals surface area contributed by atoms with Gasteiger partial charge < -0.3 is 10.1 Å². The maximum absolute atomic E-state index is 12.5. The van der Waals surface area contributed by atoms with Crippen molar-refractivity contribution in [3.8, 4) is 0 Å². The zero-order valence-electron chi connectivity index (χ0n) is 10.4. The summed E-state index contributed by atoms with van der Waals surface area (Å²) < 4.78 is 5.25. The highest BCUT2D eigenvalue weighted by atomic mass is 35.5. The lowest BCUT2D eigenvalue weighted by Crippen LogP contribution is -2.47. The fourth-order valence-corrected chi connectivity index (χ4v) is 2.87. The van der Waals surface area contributed by atoms with E-state index in [9.17, 15) is 9.59 Å². The SMILES string of the molecule is Cc1cccc(Cl)c1N1C(=O)N[C@@]2(CCOC2)C1=O. The quantitative estimate of drug-likeness (QED) is 0.799. The number of para-hydroxylation sites is 1. The summed E-state index contributed by atoms with van der Waals surface area (Å²) in [6, 6.07) is 4.83. The van der Waals surface area contributed by atoms with E-state index >= 15 is 0 Å². The number of aryl methyl sites for hydroxylation is 1. The van der Waals surface area contributed by atoms with E-state index in [-0.39, 0.29) is 12.5 Å². The van der Waals surface area contributed by atoms with Gasteiger partial charge >= 0.3 is 6.03 Å². The molecule has 0 aliphatic carbocycles. The lowest BCUT2D eigenvalue weighted by molar-refractivity contribution is -0.122. The summed E-state index contributed by atoms with van der Waals surface area (Å²) in [4.78, 5) is 25.8. The van der Waals surface area contributed by atoms with E-state index in [1.54, 1.807) is 12.1 Å². The molecule has 1 atom stereocenters. The molecule has 1 spiro atoms. The van der Waals surface area contributed by atoms with Crippen LogP contribution in [0.2, 0.25) is 5.02 Å². The summed E-state index contributed by atoms with van der Waals surface area (Å²) in [5, 5.41) is 3.12. The number of nitrogens with one attached hydrogen (secondary N) is 1. The number of imide groups is 1. The van der Waals surface area contributed by atoms with Crippen molar-refractivity contribution in [1.82, 2.24) is 5.32 Å². The summed E-state index contributed by atoms with van der Waals surface area (Å²) >= 11 is 6.13. The van der Waals surface area contributed by atoms with Gasteiger partial charge in [-0.3, -0.25) is 4.79 Å². The van der Waals surface area contributed by atoms with Crippen LogP contribution in [0, 0.1) is 6.92 Å². The molecule has 2 aliphatic rings. The van der Waals surface area contributed by atoms with Gasteiger partial charge in [-0.05, 0) is 18.6 Å². The fraction of sp³-hybridized carbons (Fsp3) is 0.385. The number of hydrogen-bond donors (Lipinski definition) is 1. The van der Waals surface area contributed by atoms with E-state index in [1.165, 1.54) is 0 Å². The van der Waals surface area contributed by atoms with Crippen molar-refractivity contribution in [1.29, 1.82) is 0 Å². The van der Waals surface area contributed by atoms with E-state index in [1.807, 2.05) is 13.0 Å². The molecule has 2 fully saturated rings. The number of ether oxygens (including phenoxy) is 1. The van der Waals surface area contributed by atoms with Gasteiger partial charge in [-0.1, -0.05) is 23.7 Å². The van der Waals surface area contributed by atoms with Gasteiger partial charge in [0, 0.05) is 13.0 Å². The number of halogens is 1. The largest absolute Gasteiger partial charge is 0.378 e. The van der Waals surface area contributed by atoms with Gasteiger partial charge in [0.05, 0.1) is 17.3 Å². The van der Waals surface area contributed by atoms with Gasteiger partial charge in [0.2, 0.25) is 0 Å². The number of anilines is 1. The van der Waals surface area contributed by atoms with Crippen LogP contribution in [0.15, 0.2) is 18.2 Å². The van der Waals surface area contributed by atoms with Crippen LogP contribution in [-0.2, 0) is 9.53 Å². The summed E-state index contributed by atoms with van der Waals surface area (Å²) in [7, 11) is 0. The Bertz CT molecular complexity index is 547. The number of urea groups is 1. The molecule has 2 heterocycles. The predicted molar refractivity (Wildman–Crippen MR) is 70.4 cm³/mol. The normalized spacial score (nSPS) is 26.3. The van der Waals surface area contributed by atoms with Gasteiger partial charge in [0.15, 0.2) is 0 Å². The third kappa shape index (κ3) is 1.73. The van der Waals surface area contributed by atoms with E-state index in [2.05, 4.69) is 5.32 Å². The molecule has 0 unspecified atom stereocenters. The van der Waals surface area contributed by atoms with Crippen molar-refractivity contribution in [3.63, 3.8) is 0 Å². The topological polar surface area (TPSA) is 58.6 Å². The molecule has 100 valence electrons. The minimum absolute atomic E-state index is 0.220. The van der Waals surface area contributed by atoms with Crippen molar-refractivity contribution in [3.05, 3.63) is 28.8 Å². The molecule has 1 aromatic rings. The van der Waals surface area contributed by atoms with Crippen LogP contribution < -0.4 is 10.2 Å². The molecular formula is C13H13ClN2O3. The number of carbonyl (C=O) groups is 2. The molecular weight excluding hydrogens is 268 g/mol. The molecule has 3 amide bonds. The Morgan fingerprint density at radius 2 is 2.21 bits per heavy atom. The second kappa shape index (κ2) is 4.21. The lowest BCUT2D eigenvalue weighted by Gasteiger charge is -2.20. The standard InChI is InChI=1S/C13H13ClN2O3/c1-8-3-2-4-9(14)10(8)16-11(17)13(15-12(16)18)5-6-19-7-13/h2-4H,5-7H2,1H3,(H,15,18)/t13-/m1/s1. The number of rotatable bonds is 1. The molecule has 0 radical (unpaired) electrons.